The maximum Gasteiger partial charge on any atom is 0.0710 e. The van der Waals surface area contributed by atoms with Crippen LogP contribution in [0.2, 0.25) is 0 Å². The molecular weight excluding hydrogens is 262 g/mol. The number of hydrogen-bond acceptors (Lipinski definition) is 3. The lowest BCUT2D eigenvalue weighted by molar-refractivity contribution is -0.00728. The summed E-state index contributed by atoms with van der Waals surface area (Å²) >= 11 is 0. The van der Waals surface area contributed by atoms with Gasteiger partial charge in [0.2, 0.25) is 0 Å². The Kier molecular flexibility index (Phi) is 4.27. The van der Waals surface area contributed by atoms with Crippen LogP contribution in [0.15, 0.2) is 24.3 Å². The molecule has 0 amide bonds. The largest absolute Gasteiger partial charge is 0.381 e. The van der Waals surface area contributed by atoms with Gasteiger partial charge in [0, 0.05) is 37.4 Å². The number of nitrogens with one attached hydrogen (secondary N) is 1. The van der Waals surface area contributed by atoms with E-state index in [1.165, 1.54) is 23.0 Å². The highest BCUT2D eigenvalue weighted by Crippen LogP contribution is 2.33. The quantitative estimate of drug-likeness (QED) is 0.918. The van der Waals surface area contributed by atoms with Crippen molar-refractivity contribution in [1.82, 2.24) is 15.1 Å². The molecule has 2 heterocycles. The normalized spacial score (nSPS) is 22.8. The van der Waals surface area contributed by atoms with E-state index in [4.69, 9.17) is 9.84 Å². The second-order valence-electron chi connectivity index (χ2n) is 6.20. The third-order valence-electron chi connectivity index (χ3n) is 4.53. The van der Waals surface area contributed by atoms with Crippen molar-refractivity contribution < 1.29 is 4.74 Å². The number of aryl methyl sites for hydroxylation is 1. The molecule has 1 aliphatic heterocycles. The molecule has 1 aromatic heterocycles. The zero-order chi connectivity index (χ0) is 14.7. The van der Waals surface area contributed by atoms with Gasteiger partial charge in [-0.1, -0.05) is 25.1 Å². The first kappa shape index (κ1) is 14.5. The molecule has 1 saturated heterocycles. The Labute approximate surface area is 126 Å². The van der Waals surface area contributed by atoms with E-state index in [0.717, 1.165) is 39.1 Å². The predicted molar refractivity (Wildman–Crippen MR) is 85.4 cm³/mol. The minimum absolute atomic E-state index is 0.186. The van der Waals surface area contributed by atoms with Crippen molar-refractivity contribution in [3.8, 4) is 0 Å². The molecule has 0 aliphatic carbocycles. The monoisotopic (exact) mass is 287 g/mol. The zero-order valence-corrected chi connectivity index (χ0v) is 13.1. The van der Waals surface area contributed by atoms with Gasteiger partial charge in [0.05, 0.1) is 17.8 Å². The third-order valence-corrected chi connectivity index (χ3v) is 4.53. The lowest BCUT2D eigenvalue weighted by Crippen LogP contribution is -2.42. The average molecular weight is 287 g/mol. The molecule has 0 radical (unpaired) electrons. The number of nitrogens with zero attached hydrogens (tertiary/aromatic N) is 2. The molecule has 1 aromatic carbocycles. The molecule has 0 spiro atoms. The SMILES string of the molecule is CCNCC1(Cc2nn(C)c3ccccc23)CCCOC1. The molecule has 2 aromatic rings. The van der Waals surface area contributed by atoms with Crippen molar-refractivity contribution in [1.29, 1.82) is 0 Å². The van der Waals surface area contributed by atoms with Crippen LogP contribution in [-0.2, 0) is 18.2 Å². The second kappa shape index (κ2) is 6.16. The van der Waals surface area contributed by atoms with Crippen LogP contribution < -0.4 is 5.32 Å². The molecule has 1 aliphatic rings. The molecule has 4 nitrogen and oxygen atoms in total. The number of ether oxygens (including phenoxy) is 1. The highest BCUT2D eigenvalue weighted by molar-refractivity contribution is 5.81. The Bertz CT molecular complexity index is 599. The first-order valence-corrected chi connectivity index (χ1v) is 7.93. The highest BCUT2D eigenvalue weighted by Gasteiger charge is 2.34. The summed E-state index contributed by atoms with van der Waals surface area (Å²) in [5.74, 6) is 0. The van der Waals surface area contributed by atoms with Crippen molar-refractivity contribution in [2.24, 2.45) is 12.5 Å². The van der Waals surface area contributed by atoms with E-state index in [1.54, 1.807) is 0 Å². The summed E-state index contributed by atoms with van der Waals surface area (Å²) in [6.45, 7) is 5.91. The van der Waals surface area contributed by atoms with Gasteiger partial charge < -0.3 is 10.1 Å². The Morgan fingerprint density at radius 1 is 1.38 bits per heavy atom. The van der Waals surface area contributed by atoms with Crippen LogP contribution in [-0.4, -0.2) is 36.1 Å². The fraction of sp³-hybridized carbons (Fsp3) is 0.588. The van der Waals surface area contributed by atoms with E-state index >= 15 is 0 Å². The number of benzene rings is 1. The van der Waals surface area contributed by atoms with Crippen LogP contribution in [0.5, 0.6) is 0 Å². The summed E-state index contributed by atoms with van der Waals surface area (Å²) in [6, 6.07) is 8.50. The number of aromatic nitrogens is 2. The predicted octanol–water partition coefficient (Wildman–Crippen LogP) is 2.52. The van der Waals surface area contributed by atoms with Gasteiger partial charge in [-0.3, -0.25) is 4.68 Å². The minimum atomic E-state index is 0.186. The van der Waals surface area contributed by atoms with Crippen LogP contribution in [0.25, 0.3) is 10.9 Å². The first-order chi connectivity index (χ1) is 10.2. The Hall–Kier alpha value is -1.39. The summed E-state index contributed by atoms with van der Waals surface area (Å²) in [5.41, 5.74) is 2.60. The maximum atomic E-state index is 5.80. The summed E-state index contributed by atoms with van der Waals surface area (Å²) in [7, 11) is 2.03. The van der Waals surface area contributed by atoms with Crippen LogP contribution in [0.1, 0.15) is 25.5 Å². The molecule has 1 unspecified atom stereocenters. The van der Waals surface area contributed by atoms with Crippen molar-refractivity contribution in [2.45, 2.75) is 26.2 Å². The molecule has 1 N–H and O–H groups in total. The Morgan fingerprint density at radius 3 is 3.00 bits per heavy atom. The highest BCUT2D eigenvalue weighted by atomic mass is 16.5. The van der Waals surface area contributed by atoms with E-state index in [-0.39, 0.29) is 5.41 Å². The summed E-state index contributed by atoms with van der Waals surface area (Å²) in [5, 5.41) is 9.57. The fourth-order valence-corrected chi connectivity index (χ4v) is 3.42. The smallest absolute Gasteiger partial charge is 0.0710 e. The van der Waals surface area contributed by atoms with Crippen molar-refractivity contribution in [2.75, 3.05) is 26.3 Å². The van der Waals surface area contributed by atoms with E-state index < -0.39 is 0 Å². The van der Waals surface area contributed by atoms with Crippen molar-refractivity contribution >= 4 is 10.9 Å². The molecular formula is C17H25N3O. The standard InChI is InChI=1S/C17H25N3O/c1-3-18-12-17(9-6-10-21-13-17)11-15-14-7-4-5-8-16(14)20(2)19-15/h4-5,7-8,18H,3,6,9-13H2,1-2H3. The van der Waals surface area contributed by atoms with Crippen molar-refractivity contribution in [3.63, 3.8) is 0 Å². The Morgan fingerprint density at radius 2 is 2.24 bits per heavy atom. The average Bonchev–Trinajstić information content (AvgIpc) is 2.83. The molecule has 0 saturated carbocycles. The van der Waals surface area contributed by atoms with Gasteiger partial charge in [0.15, 0.2) is 0 Å². The second-order valence-corrected chi connectivity index (χ2v) is 6.20. The maximum absolute atomic E-state index is 5.80. The van der Waals surface area contributed by atoms with E-state index in [1.807, 2.05) is 11.7 Å². The number of hydrogen-bond donors (Lipinski definition) is 1. The lowest BCUT2D eigenvalue weighted by atomic mass is 9.78. The molecule has 0 bridgehead atoms. The van der Waals surface area contributed by atoms with Crippen LogP contribution in [0.4, 0.5) is 0 Å². The van der Waals surface area contributed by atoms with Gasteiger partial charge in [-0.05, 0) is 25.5 Å². The number of para-hydroxylation sites is 1. The van der Waals surface area contributed by atoms with Gasteiger partial charge in [-0.2, -0.15) is 5.10 Å². The zero-order valence-electron chi connectivity index (χ0n) is 13.1. The molecule has 114 valence electrons. The molecule has 1 fully saturated rings. The number of rotatable bonds is 5. The van der Waals surface area contributed by atoms with Crippen molar-refractivity contribution in [3.05, 3.63) is 30.0 Å². The number of fused-ring (bicyclic) bond motifs is 1. The van der Waals surface area contributed by atoms with Crippen LogP contribution >= 0.6 is 0 Å². The van der Waals surface area contributed by atoms with Gasteiger partial charge in [0.1, 0.15) is 0 Å². The summed E-state index contributed by atoms with van der Waals surface area (Å²) in [6.07, 6.45) is 3.35. The lowest BCUT2D eigenvalue weighted by Gasteiger charge is -2.37. The molecule has 3 rings (SSSR count). The molecule has 1 atom stereocenters. The molecule has 21 heavy (non-hydrogen) atoms. The van der Waals surface area contributed by atoms with Gasteiger partial charge in [0.25, 0.3) is 0 Å². The van der Waals surface area contributed by atoms with Gasteiger partial charge in [-0.15, -0.1) is 0 Å². The summed E-state index contributed by atoms with van der Waals surface area (Å²) in [4.78, 5) is 0. The minimum Gasteiger partial charge on any atom is -0.381 e. The van der Waals surface area contributed by atoms with Crippen LogP contribution in [0.3, 0.4) is 0 Å². The van der Waals surface area contributed by atoms with Crippen LogP contribution in [0, 0.1) is 5.41 Å². The Balaban J connectivity index is 1.90. The first-order valence-electron chi connectivity index (χ1n) is 7.93. The van der Waals surface area contributed by atoms with Gasteiger partial charge in [-0.25, -0.2) is 0 Å². The topological polar surface area (TPSA) is 39.1 Å². The molecule has 4 heteroatoms. The fourth-order valence-electron chi connectivity index (χ4n) is 3.42. The summed E-state index contributed by atoms with van der Waals surface area (Å²) < 4.78 is 7.79. The van der Waals surface area contributed by atoms with E-state index in [2.05, 4.69) is 36.5 Å². The van der Waals surface area contributed by atoms with E-state index in [0.29, 0.717) is 0 Å². The third kappa shape index (κ3) is 2.97. The van der Waals surface area contributed by atoms with Gasteiger partial charge >= 0.3 is 0 Å². The van der Waals surface area contributed by atoms with E-state index in [9.17, 15) is 0 Å².